The Morgan fingerprint density at radius 3 is 3.00 bits per heavy atom. The van der Waals surface area contributed by atoms with E-state index in [0.29, 0.717) is 6.04 Å². The Kier molecular flexibility index (Phi) is 3.11. The summed E-state index contributed by atoms with van der Waals surface area (Å²) in [6.45, 7) is 2.96. The Bertz CT molecular complexity index is 184. The van der Waals surface area contributed by atoms with Crippen molar-refractivity contribution in [2.24, 2.45) is 0 Å². The van der Waals surface area contributed by atoms with Crippen molar-refractivity contribution in [3.63, 3.8) is 0 Å². The second-order valence-corrected chi connectivity index (χ2v) is 2.64. The Labute approximate surface area is 67.0 Å². The summed E-state index contributed by atoms with van der Waals surface area (Å²) in [6, 6.07) is 0.484. The van der Waals surface area contributed by atoms with Crippen LogP contribution in [0.3, 0.4) is 0 Å². The number of aromatic nitrogens is 2. The zero-order valence-electron chi connectivity index (χ0n) is 7.03. The molecule has 0 aromatic carbocycles. The fraction of sp³-hybridized carbons (Fsp3) is 0.625. The van der Waals surface area contributed by atoms with E-state index in [1.165, 1.54) is 0 Å². The predicted octanol–water partition coefficient (Wildman–Crippen LogP) is 1.48. The molecule has 62 valence electrons. The summed E-state index contributed by atoms with van der Waals surface area (Å²) in [7, 11) is 1.72. The van der Waals surface area contributed by atoms with Gasteiger partial charge in [0.1, 0.15) is 0 Å². The number of hydrogen-bond acceptors (Lipinski definition) is 2. The van der Waals surface area contributed by atoms with Crippen LogP contribution in [0.4, 0.5) is 0 Å². The maximum atomic E-state index is 4.98. The van der Waals surface area contributed by atoms with E-state index < -0.39 is 0 Å². The first-order chi connectivity index (χ1) is 5.34. The molecule has 0 aliphatic heterocycles. The van der Waals surface area contributed by atoms with E-state index in [4.69, 9.17) is 4.74 Å². The Hall–Kier alpha value is -0.830. The molecule has 1 unspecified atom stereocenters. The van der Waals surface area contributed by atoms with Gasteiger partial charge in [0.15, 0.2) is 0 Å². The highest BCUT2D eigenvalue weighted by molar-refractivity contribution is 4.78. The molecule has 0 N–H and O–H groups in total. The van der Waals surface area contributed by atoms with Crippen molar-refractivity contribution in [1.29, 1.82) is 0 Å². The standard InChI is InChI=1S/C8H14N2O/c1-8(3-6-11-2)10-5-4-9-7-10/h4-5,7-8H,3,6H2,1-2H3. The van der Waals surface area contributed by atoms with Gasteiger partial charge in [-0.1, -0.05) is 0 Å². The van der Waals surface area contributed by atoms with E-state index in [0.717, 1.165) is 13.0 Å². The summed E-state index contributed by atoms with van der Waals surface area (Å²) in [6.07, 6.45) is 6.64. The maximum Gasteiger partial charge on any atom is 0.0948 e. The lowest BCUT2D eigenvalue weighted by atomic mass is 10.2. The van der Waals surface area contributed by atoms with Crippen molar-refractivity contribution in [3.05, 3.63) is 18.7 Å². The molecule has 1 aromatic rings. The number of nitrogens with zero attached hydrogens (tertiary/aromatic N) is 2. The van der Waals surface area contributed by atoms with Crippen LogP contribution in [0.25, 0.3) is 0 Å². The molecule has 0 spiro atoms. The highest BCUT2D eigenvalue weighted by atomic mass is 16.5. The molecule has 1 rings (SSSR count). The van der Waals surface area contributed by atoms with E-state index >= 15 is 0 Å². The van der Waals surface area contributed by atoms with Gasteiger partial charge < -0.3 is 9.30 Å². The molecule has 0 radical (unpaired) electrons. The minimum absolute atomic E-state index is 0.484. The van der Waals surface area contributed by atoms with E-state index in [1.807, 2.05) is 12.5 Å². The molecule has 11 heavy (non-hydrogen) atoms. The molecule has 0 aliphatic carbocycles. The normalized spacial score (nSPS) is 13.3. The van der Waals surface area contributed by atoms with E-state index in [2.05, 4.69) is 16.5 Å². The molecule has 0 saturated carbocycles. The molecule has 1 atom stereocenters. The molecular weight excluding hydrogens is 140 g/mol. The van der Waals surface area contributed by atoms with Crippen LogP contribution in [0.5, 0.6) is 0 Å². The molecule has 0 saturated heterocycles. The zero-order valence-corrected chi connectivity index (χ0v) is 7.03. The van der Waals surface area contributed by atoms with E-state index in [9.17, 15) is 0 Å². The molecule has 0 amide bonds. The number of rotatable bonds is 4. The minimum atomic E-state index is 0.484. The predicted molar refractivity (Wildman–Crippen MR) is 43.4 cm³/mol. The third-order valence-corrected chi connectivity index (χ3v) is 1.77. The monoisotopic (exact) mass is 154 g/mol. The summed E-state index contributed by atoms with van der Waals surface area (Å²) < 4.78 is 7.06. The quantitative estimate of drug-likeness (QED) is 0.656. The summed E-state index contributed by atoms with van der Waals surface area (Å²) in [5.41, 5.74) is 0. The number of ether oxygens (including phenoxy) is 1. The Morgan fingerprint density at radius 1 is 1.64 bits per heavy atom. The molecule has 0 bridgehead atoms. The van der Waals surface area contributed by atoms with Crippen LogP contribution < -0.4 is 0 Å². The third-order valence-electron chi connectivity index (χ3n) is 1.77. The molecule has 3 heteroatoms. The lowest BCUT2D eigenvalue weighted by molar-refractivity contribution is 0.181. The topological polar surface area (TPSA) is 27.1 Å². The number of hydrogen-bond donors (Lipinski definition) is 0. The molecule has 1 aromatic heterocycles. The van der Waals surface area contributed by atoms with Gasteiger partial charge in [-0.2, -0.15) is 0 Å². The van der Waals surface area contributed by atoms with Gasteiger partial charge in [-0.3, -0.25) is 0 Å². The summed E-state index contributed by atoms with van der Waals surface area (Å²) >= 11 is 0. The minimum Gasteiger partial charge on any atom is -0.385 e. The van der Waals surface area contributed by atoms with Crippen LogP contribution in [0.1, 0.15) is 19.4 Å². The van der Waals surface area contributed by atoms with Crippen molar-refractivity contribution in [2.45, 2.75) is 19.4 Å². The van der Waals surface area contributed by atoms with Crippen LogP contribution in [-0.2, 0) is 4.74 Å². The smallest absolute Gasteiger partial charge is 0.0948 e. The lowest BCUT2D eigenvalue weighted by Gasteiger charge is -2.11. The molecule has 0 aliphatic rings. The van der Waals surface area contributed by atoms with E-state index in [-0.39, 0.29) is 0 Å². The maximum absolute atomic E-state index is 4.98. The van der Waals surface area contributed by atoms with Gasteiger partial charge in [-0.15, -0.1) is 0 Å². The highest BCUT2D eigenvalue weighted by Crippen LogP contribution is 2.08. The van der Waals surface area contributed by atoms with Gasteiger partial charge in [0.05, 0.1) is 6.33 Å². The van der Waals surface area contributed by atoms with Gasteiger partial charge >= 0.3 is 0 Å². The molecule has 0 fully saturated rings. The van der Waals surface area contributed by atoms with Crippen molar-refractivity contribution in [3.8, 4) is 0 Å². The Morgan fingerprint density at radius 2 is 2.45 bits per heavy atom. The van der Waals surface area contributed by atoms with E-state index in [1.54, 1.807) is 13.3 Å². The largest absolute Gasteiger partial charge is 0.385 e. The van der Waals surface area contributed by atoms with Crippen molar-refractivity contribution < 1.29 is 4.74 Å². The fourth-order valence-corrected chi connectivity index (χ4v) is 0.968. The van der Waals surface area contributed by atoms with Gasteiger partial charge in [0.25, 0.3) is 0 Å². The summed E-state index contributed by atoms with van der Waals surface area (Å²) in [4.78, 5) is 3.97. The molecular formula is C8H14N2O. The van der Waals surface area contributed by atoms with Crippen LogP contribution >= 0.6 is 0 Å². The van der Waals surface area contributed by atoms with Crippen LogP contribution in [0, 0.1) is 0 Å². The first kappa shape index (κ1) is 8.27. The van der Waals surface area contributed by atoms with Crippen LogP contribution in [-0.4, -0.2) is 23.3 Å². The average Bonchev–Trinajstić information content (AvgIpc) is 2.52. The van der Waals surface area contributed by atoms with Crippen LogP contribution in [0.15, 0.2) is 18.7 Å². The van der Waals surface area contributed by atoms with Gasteiger partial charge in [-0.05, 0) is 13.3 Å². The Balaban J connectivity index is 2.36. The van der Waals surface area contributed by atoms with Crippen molar-refractivity contribution in [1.82, 2.24) is 9.55 Å². The van der Waals surface area contributed by atoms with Gasteiger partial charge in [0.2, 0.25) is 0 Å². The first-order valence-corrected chi connectivity index (χ1v) is 3.81. The summed E-state index contributed by atoms with van der Waals surface area (Å²) in [5.74, 6) is 0. The number of methoxy groups -OCH3 is 1. The van der Waals surface area contributed by atoms with Crippen molar-refractivity contribution in [2.75, 3.05) is 13.7 Å². The lowest BCUT2D eigenvalue weighted by Crippen LogP contribution is -2.05. The number of imidazole rings is 1. The van der Waals surface area contributed by atoms with Gasteiger partial charge in [0, 0.05) is 32.2 Å². The summed E-state index contributed by atoms with van der Waals surface area (Å²) in [5, 5.41) is 0. The molecule has 3 nitrogen and oxygen atoms in total. The molecule has 1 heterocycles. The van der Waals surface area contributed by atoms with Crippen LogP contribution in [0.2, 0.25) is 0 Å². The third kappa shape index (κ3) is 2.35. The first-order valence-electron chi connectivity index (χ1n) is 3.81. The highest BCUT2D eigenvalue weighted by Gasteiger charge is 2.01. The van der Waals surface area contributed by atoms with Crippen molar-refractivity contribution >= 4 is 0 Å². The SMILES string of the molecule is COCCC(C)n1ccnc1. The van der Waals surface area contributed by atoms with Gasteiger partial charge in [-0.25, -0.2) is 4.98 Å². The zero-order chi connectivity index (χ0) is 8.10. The second kappa shape index (κ2) is 4.13. The average molecular weight is 154 g/mol. The fourth-order valence-electron chi connectivity index (χ4n) is 0.968. The second-order valence-electron chi connectivity index (χ2n) is 2.64.